The van der Waals surface area contributed by atoms with Crippen LogP contribution >= 0.6 is 0 Å². The summed E-state index contributed by atoms with van der Waals surface area (Å²) in [5.74, 6) is 0.661. The van der Waals surface area contributed by atoms with Crippen molar-refractivity contribution in [3.05, 3.63) is 70.8 Å². The molecule has 0 N–H and O–H groups in total. The Morgan fingerprint density at radius 3 is 2.20 bits per heavy atom. The summed E-state index contributed by atoms with van der Waals surface area (Å²) in [5.41, 5.74) is 4.47. The van der Waals surface area contributed by atoms with Crippen LogP contribution in [0.1, 0.15) is 34.6 Å². The Morgan fingerprint density at radius 2 is 1.55 bits per heavy atom. The van der Waals surface area contributed by atoms with Crippen LogP contribution in [0.2, 0.25) is 0 Å². The third kappa shape index (κ3) is 0.953. The van der Waals surface area contributed by atoms with Gasteiger partial charge in [-0.3, -0.25) is 4.79 Å². The van der Waals surface area contributed by atoms with E-state index in [0.29, 0.717) is 18.4 Å². The fourth-order valence-electron chi connectivity index (χ4n) is 4.66. The number of esters is 1. The second-order valence-electron chi connectivity index (χ2n) is 6.07. The van der Waals surface area contributed by atoms with Gasteiger partial charge in [0.1, 0.15) is 5.41 Å². The number of ether oxygens (including phenoxy) is 1. The first-order valence-corrected chi connectivity index (χ1v) is 7.19. The quantitative estimate of drug-likeness (QED) is 0.682. The van der Waals surface area contributed by atoms with Gasteiger partial charge in [-0.2, -0.15) is 0 Å². The lowest BCUT2D eigenvalue weighted by molar-refractivity contribution is -0.141. The monoisotopic (exact) mass is 262 g/mol. The fourth-order valence-corrected chi connectivity index (χ4v) is 4.66. The van der Waals surface area contributed by atoms with Crippen LogP contribution in [-0.4, -0.2) is 12.6 Å². The van der Waals surface area contributed by atoms with Gasteiger partial charge in [-0.1, -0.05) is 48.5 Å². The number of carbonyl (C=O) groups is 1. The highest BCUT2D eigenvalue weighted by Gasteiger charge is 2.62. The van der Waals surface area contributed by atoms with Crippen molar-refractivity contribution in [2.45, 2.75) is 17.8 Å². The molecule has 4 aliphatic rings. The highest BCUT2D eigenvalue weighted by molar-refractivity contribution is 5.93. The maximum absolute atomic E-state index is 12.7. The number of carbonyl (C=O) groups excluding carboxylic acids is 1. The van der Waals surface area contributed by atoms with Crippen molar-refractivity contribution in [3.63, 3.8) is 0 Å². The van der Waals surface area contributed by atoms with Gasteiger partial charge >= 0.3 is 5.97 Å². The summed E-state index contributed by atoms with van der Waals surface area (Å²) in [7, 11) is 0. The van der Waals surface area contributed by atoms with E-state index >= 15 is 0 Å². The lowest BCUT2D eigenvalue weighted by Gasteiger charge is -2.48. The summed E-state index contributed by atoms with van der Waals surface area (Å²) in [4.78, 5) is 12.7. The third-order valence-electron chi connectivity index (χ3n) is 5.39. The highest BCUT2D eigenvalue weighted by atomic mass is 16.5. The predicted octanol–water partition coefficient (Wildman–Crippen LogP) is 2.99. The zero-order chi connectivity index (χ0) is 13.3. The molecule has 0 aromatic heterocycles. The predicted molar refractivity (Wildman–Crippen MR) is 74.6 cm³/mol. The van der Waals surface area contributed by atoms with E-state index in [1.165, 1.54) is 22.3 Å². The van der Waals surface area contributed by atoms with Gasteiger partial charge in [0.05, 0.1) is 6.61 Å². The summed E-state index contributed by atoms with van der Waals surface area (Å²) >= 11 is 0. The molecule has 0 saturated carbocycles. The molecule has 2 bridgehead atoms. The molecule has 0 unspecified atom stereocenters. The molecule has 3 aliphatic carbocycles. The average Bonchev–Trinajstić information content (AvgIpc) is 2.86. The smallest absolute Gasteiger partial charge is 0.321 e. The molecule has 1 aliphatic heterocycles. The molecule has 1 fully saturated rings. The summed E-state index contributed by atoms with van der Waals surface area (Å²) < 4.78 is 5.50. The Balaban J connectivity index is 1.96. The molecule has 1 spiro atoms. The van der Waals surface area contributed by atoms with Crippen molar-refractivity contribution in [2.24, 2.45) is 5.92 Å². The van der Waals surface area contributed by atoms with Crippen molar-refractivity contribution in [1.29, 1.82) is 0 Å². The minimum absolute atomic E-state index is 0.0550. The standard InChI is InChI=1S/C18H14O2/c19-17-18-11(10-20-17)9-14(12-5-1-3-7-15(12)18)13-6-2-4-8-16(13)18/h1-8,11,14H,9-10H2/t11-,14?,18?/m1/s1. The highest BCUT2D eigenvalue weighted by Crippen LogP contribution is 2.61. The van der Waals surface area contributed by atoms with Gasteiger partial charge in [0, 0.05) is 11.8 Å². The molecular weight excluding hydrogens is 248 g/mol. The van der Waals surface area contributed by atoms with E-state index in [1.807, 2.05) is 12.1 Å². The molecule has 2 aromatic rings. The Labute approximate surface area is 117 Å². The van der Waals surface area contributed by atoms with Crippen LogP contribution in [0.4, 0.5) is 0 Å². The molecule has 1 saturated heterocycles. The summed E-state index contributed by atoms with van der Waals surface area (Å²) in [5, 5.41) is 0. The van der Waals surface area contributed by atoms with Gasteiger partial charge < -0.3 is 4.74 Å². The van der Waals surface area contributed by atoms with Crippen molar-refractivity contribution in [3.8, 4) is 0 Å². The van der Waals surface area contributed by atoms with E-state index in [-0.39, 0.29) is 5.97 Å². The molecule has 6 rings (SSSR count). The topological polar surface area (TPSA) is 26.3 Å². The maximum atomic E-state index is 12.7. The molecule has 1 atom stereocenters. The Morgan fingerprint density at radius 1 is 0.950 bits per heavy atom. The summed E-state index contributed by atoms with van der Waals surface area (Å²) in [6.45, 7) is 0.567. The number of cyclic esters (lactones) is 1. The molecule has 20 heavy (non-hydrogen) atoms. The van der Waals surface area contributed by atoms with Gasteiger partial charge in [0.25, 0.3) is 0 Å². The third-order valence-corrected chi connectivity index (χ3v) is 5.39. The number of rotatable bonds is 0. The Hall–Kier alpha value is -2.09. The molecule has 2 nitrogen and oxygen atoms in total. The minimum Gasteiger partial charge on any atom is -0.464 e. The molecule has 0 radical (unpaired) electrons. The Bertz CT molecular complexity index is 699. The maximum Gasteiger partial charge on any atom is 0.321 e. The minimum atomic E-state index is -0.540. The normalized spacial score (nSPS) is 32.3. The van der Waals surface area contributed by atoms with E-state index in [0.717, 1.165) is 6.42 Å². The number of hydrogen-bond donors (Lipinski definition) is 0. The molecule has 98 valence electrons. The van der Waals surface area contributed by atoms with Crippen LogP contribution in [0.15, 0.2) is 48.5 Å². The van der Waals surface area contributed by atoms with Crippen molar-refractivity contribution in [2.75, 3.05) is 6.61 Å². The van der Waals surface area contributed by atoms with Crippen LogP contribution in [0.25, 0.3) is 0 Å². The van der Waals surface area contributed by atoms with Crippen LogP contribution in [0.3, 0.4) is 0 Å². The SMILES string of the molecule is O=C1OC[C@H]2CC3c4ccccc4C12c1ccccc13. The van der Waals surface area contributed by atoms with Crippen LogP contribution in [0, 0.1) is 5.92 Å². The van der Waals surface area contributed by atoms with E-state index < -0.39 is 5.41 Å². The molecule has 2 heteroatoms. The molecule has 1 heterocycles. The largest absolute Gasteiger partial charge is 0.464 e. The lowest BCUT2D eigenvalue weighted by atomic mass is 9.51. The summed E-state index contributed by atoms with van der Waals surface area (Å²) in [6, 6.07) is 16.8. The van der Waals surface area contributed by atoms with Gasteiger partial charge in [-0.25, -0.2) is 0 Å². The van der Waals surface area contributed by atoms with E-state index in [4.69, 9.17) is 4.74 Å². The van der Waals surface area contributed by atoms with Gasteiger partial charge in [0.15, 0.2) is 0 Å². The first-order chi connectivity index (χ1) is 9.83. The van der Waals surface area contributed by atoms with Crippen molar-refractivity contribution in [1.82, 2.24) is 0 Å². The van der Waals surface area contributed by atoms with Gasteiger partial charge in [0.2, 0.25) is 0 Å². The fraction of sp³-hybridized carbons (Fsp3) is 0.278. The Kier molecular flexibility index (Phi) is 1.77. The van der Waals surface area contributed by atoms with E-state index in [9.17, 15) is 4.79 Å². The number of hydrogen-bond acceptors (Lipinski definition) is 2. The first kappa shape index (κ1) is 10.7. The van der Waals surface area contributed by atoms with E-state index in [1.54, 1.807) is 0 Å². The van der Waals surface area contributed by atoms with Gasteiger partial charge in [-0.15, -0.1) is 0 Å². The second-order valence-corrected chi connectivity index (χ2v) is 6.07. The molecule has 0 amide bonds. The molecular formula is C18H14O2. The average molecular weight is 262 g/mol. The zero-order valence-electron chi connectivity index (χ0n) is 11.0. The van der Waals surface area contributed by atoms with Gasteiger partial charge in [-0.05, 0) is 28.7 Å². The summed E-state index contributed by atoms with van der Waals surface area (Å²) in [6.07, 6.45) is 1.03. The first-order valence-electron chi connectivity index (χ1n) is 7.19. The van der Waals surface area contributed by atoms with Crippen LogP contribution in [-0.2, 0) is 14.9 Å². The zero-order valence-corrected chi connectivity index (χ0v) is 11.0. The van der Waals surface area contributed by atoms with Crippen LogP contribution < -0.4 is 0 Å². The molecule has 2 aromatic carbocycles. The number of benzene rings is 2. The van der Waals surface area contributed by atoms with E-state index in [2.05, 4.69) is 36.4 Å². The van der Waals surface area contributed by atoms with Crippen LogP contribution in [0.5, 0.6) is 0 Å². The van der Waals surface area contributed by atoms with Crippen molar-refractivity contribution < 1.29 is 9.53 Å². The lowest BCUT2D eigenvalue weighted by Crippen LogP contribution is -2.48. The van der Waals surface area contributed by atoms with Crippen molar-refractivity contribution >= 4 is 5.97 Å². The second kappa shape index (κ2) is 3.32.